The molecule has 0 saturated heterocycles. The Hall–Kier alpha value is -2.05. The van der Waals surface area contributed by atoms with E-state index < -0.39 is 11.7 Å². The van der Waals surface area contributed by atoms with E-state index in [2.05, 4.69) is 19.1 Å². The van der Waals surface area contributed by atoms with Gasteiger partial charge in [-0.3, -0.25) is 9.59 Å². The van der Waals surface area contributed by atoms with E-state index >= 15 is 0 Å². The summed E-state index contributed by atoms with van der Waals surface area (Å²) in [7, 11) is 0. The Morgan fingerprint density at radius 1 is 0.730 bits per heavy atom. The summed E-state index contributed by atoms with van der Waals surface area (Å²) in [5.74, 6) is -0.180. The van der Waals surface area contributed by atoms with Gasteiger partial charge < -0.3 is 19.1 Å². The molecule has 0 aromatic carbocycles. The van der Waals surface area contributed by atoms with E-state index in [1.807, 2.05) is 20.8 Å². The number of nitrogens with zero attached hydrogens (tertiary/aromatic N) is 1. The molecular formula is C30H55NO6. The van der Waals surface area contributed by atoms with Crippen LogP contribution in [-0.2, 0) is 23.8 Å². The van der Waals surface area contributed by atoms with Crippen LogP contribution >= 0.6 is 0 Å². The molecule has 0 atom stereocenters. The van der Waals surface area contributed by atoms with E-state index in [9.17, 15) is 14.4 Å². The highest BCUT2D eigenvalue weighted by atomic mass is 16.6. The van der Waals surface area contributed by atoms with Crippen molar-refractivity contribution in [3.63, 3.8) is 0 Å². The molecule has 0 unspecified atom stereocenters. The van der Waals surface area contributed by atoms with Gasteiger partial charge in [-0.05, 0) is 65.7 Å². The van der Waals surface area contributed by atoms with Crippen LogP contribution in [0.25, 0.3) is 0 Å². The number of allylic oxidation sites excluding steroid dienone is 2. The van der Waals surface area contributed by atoms with Crippen LogP contribution in [0.15, 0.2) is 12.2 Å². The molecule has 0 aromatic heterocycles. The van der Waals surface area contributed by atoms with Crippen molar-refractivity contribution in [2.24, 2.45) is 0 Å². The molecule has 1 amide bonds. The third-order valence-electron chi connectivity index (χ3n) is 5.89. The first-order chi connectivity index (χ1) is 17.8. The van der Waals surface area contributed by atoms with E-state index in [0.29, 0.717) is 38.8 Å². The molecule has 0 bridgehead atoms. The van der Waals surface area contributed by atoms with Crippen LogP contribution < -0.4 is 0 Å². The molecule has 0 radical (unpaired) electrons. The summed E-state index contributed by atoms with van der Waals surface area (Å²) in [6.45, 7) is 9.43. The highest BCUT2D eigenvalue weighted by Crippen LogP contribution is 2.12. The summed E-state index contributed by atoms with van der Waals surface area (Å²) in [6.07, 6.45) is 21.7. The summed E-state index contributed by atoms with van der Waals surface area (Å²) >= 11 is 0. The molecule has 0 aliphatic rings. The largest absolute Gasteiger partial charge is 0.468 e. The van der Waals surface area contributed by atoms with Gasteiger partial charge >= 0.3 is 12.1 Å². The molecule has 0 heterocycles. The highest BCUT2D eigenvalue weighted by Gasteiger charge is 2.21. The maximum Gasteiger partial charge on any atom is 0.410 e. The number of esters is 1. The van der Waals surface area contributed by atoms with Gasteiger partial charge in [0.1, 0.15) is 5.60 Å². The van der Waals surface area contributed by atoms with Crippen molar-refractivity contribution in [1.29, 1.82) is 0 Å². The molecule has 0 aliphatic heterocycles. The van der Waals surface area contributed by atoms with Crippen molar-refractivity contribution in [2.75, 3.05) is 26.3 Å². The SMILES string of the molecule is CCCCCCCC/C=C\CCCCCCCC(=O)OCCCN(CCCOC=O)C(=O)OC(C)(C)C. The first kappa shape index (κ1) is 35.0. The van der Waals surface area contributed by atoms with Crippen molar-refractivity contribution in [2.45, 2.75) is 136 Å². The summed E-state index contributed by atoms with van der Waals surface area (Å²) in [5, 5.41) is 0. The maximum atomic E-state index is 12.4. The highest BCUT2D eigenvalue weighted by molar-refractivity contribution is 5.69. The zero-order valence-corrected chi connectivity index (χ0v) is 24.3. The lowest BCUT2D eigenvalue weighted by atomic mass is 10.1. The number of amides is 1. The average molecular weight is 526 g/mol. The van der Waals surface area contributed by atoms with Crippen molar-refractivity contribution in [3.8, 4) is 0 Å². The number of rotatable bonds is 24. The molecule has 37 heavy (non-hydrogen) atoms. The van der Waals surface area contributed by atoms with E-state index in [0.717, 1.165) is 25.7 Å². The summed E-state index contributed by atoms with van der Waals surface area (Å²) in [6, 6.07) is 0. The number of ether oxygens (including phenoxy) is 3. The summed E-state index contributed by atoms with van der Waals surface area (Å²) < 4.78 is 15.5. The monoisotopic (exact) mass is 525 g/mol. The van der Waals surface area contributed by atoms with Gasteiger partial charge in [-0.25, -0.2) is 4.79 Å². The van der Waals surface area contributed by atoms with Crippen molar-refractivity contribution in [1.82, 2.24) is 4.90 Å². The molecule has 0 rings (SSSR count). The fourth-order valence-corrected chi connectivity index (χ4v) is 3.86. The lowest BCUT2D eigenvalue weighted by Crippen LogP contribution is -2.38. The van der Waals surface area contributed by atoms with Gasteiger partial charge in [0.2, 0.25) is 0 Å². The predicted molar refractivity (Wildman–Crippen MR) is 149 cm³/mol. The van der Waals surface area contributed by atoms with E-state index in [1.165, 1.54) is 57.8 Å². The fourth-order valence-electron chi connectivity index (χ4n) is 3.86. The molecular weight excluding hydrogens is 470 g/mol. The van der Waals surface area contributed by atoms with Gasteiger partial charge in [-0.1, -0.05) is 70.4 Å². The van der Waals surface area contributed by atoms with E-state index in [1.54, 1.807) is 4.90 Å². The molecule has 0 spiro atoms. The Morgan fingerprint density at radius 3 is 1.84 bits per heavy atom. The third kappa shape index (κ3) is 25.4. The molecule has 0 N–H and O–H groups in total. The normalized spacial score (nSPS) is 11.5. The first-order valence-electron chi connectivity index (χ1n) is 14.6. The van der Waals surface area contributed by atoms with Crippen molar-refractivity contribution in [3.05, 3.63) is 12.2 Å². The zero-order chi connectivity index (χ0) is 27.6. The van der Waals surface area contributed by atoms with E-state index in [4.69, 9.17) is 14.2 Å². The van der Waals surface area contributed by atoms with Crippen molar-refractivity contribution >= 4 is 18.5 Å². The minimum atomic E-state index is -0.592. The molecule has 0 aliphatic carbocycles. The van der Waals surface area contributed by atoms with Gasteiger partial charge in [-0.2, -0.15) is 0 Å². The van der Waals surface area contributed by atoms with Gasteiger partial charge in [0.15, 0.2) is 0 Å². The van der Waals surface area contributed by atoms with Crippen LogP contribution in [0, 0.1) is 0 Å². The van der Waals surface area contributed by atoms with Crippen LogP contribution in [0.1, 0.15) is 130 Å². The van der Waals surface area contributed by atoms with Crippen LogP contribution in [0.3, 0.4) is 0 Å². The molecule has 0 aromatic rings. The Morgan fingerprint density at radius 2 is 1.27 bits per heavy atom. The quantitative estimate of drug-likeness (QED) is 0.0421. The minimum Gasteiger partial charge on any atom is -0.468 e. The molecule has 216 valence electrons. The fraction of sp³-hybridized carbons (Fsp3) is 0.833. The molecule has 0 saturated carbocycles. The lowest BCUT2D eigenvalue weighted by Gasteiger charge is -2.27. The average Bonchev–Trinajstić information content (AvgIpc) is 2.84. The maximum absolute atomic E-state index is 12.4. The lowest BCUT2D eigenvalue weighted by molar-refractivity contribution is -0.143. The number of unbranched alkanes of at least 4 members (excludes halogenated alkanes) is 11. The topological polar surface area (TPSA) is 82.1 Å². The second-order valence-electron chi connectivity index (χ2n) is 10.7. The number of carbonyl (C=O) groups excluding carboxylic acids is 3. The zero-order valence-electron chi connectivity index (χ0n) is 24.3. The van der Waals surface area contributed by atoms with Crippen LogP contribution in [0.2, 0.25) is 0 Å². The van der Waals surface area contributed by atoms with Gasteiger partial charge in [0.25, 0.3) is 6.47 Å². The van der Waals surface area contributed by atoms with Crippen molar-refractivity contribution < 1.29 is 28.6 Å². The Balaban J connectivity index is 3.79. The minimum absolute atomic E-state index is 0.180. The first-order valence-corrected chi connectivity index (χ1v) is 14.6. The Bertz CT molecular complexity index is 599. The predicted octanol–water partition coefficient (Wildman–Crippen LogP) is 7.76. The van der Waals surface area contributed by atoms with Crippen LogP contribution in [0.5, 0.6) is 0 Å². The number of hydrogen-bond acceptors (Lipinski definition) is 6. The third-order valence-corrected chi connectivity index (χ3v) is 5.89. The smallest absolute Gasteiger partial charge is 0.410 e. The van der Waals surface area contributed by atoms with Gasteiger partial charge in [-0.15, -0.1) is 0 Å². The Labute approximate surface area is 226 Å². The second-order valence-corrected chi connectivity index (χ2v) is 10.7. The summed E-state index contributed by atoms with van der Waals surface area (Å²) in [5.41, 5.74) is -0.592. The molecule has 7 nitrogen and oxygen atoms in total. The summed E-state index contributed by atoms with van der Waals surface area (Å²) in [4.78, 5) is 36.3. The van der Waals surface area contributed by atoms with Crippen LogP contribution in [0.4, 0.5) is 4.79 Å². The van der Waals surface area contributed by atoms with Gasteiger partial charge in [0, 0.05) is 19.5 Å². The number of carbonyl (C=O) groups is 3. The van der Waals surface area contributed by atoms with Gasteiger partial charge in [0.05, 0.1) is 13.2 Å². The second kappa shape index (κ2) is 24.3. The van der Waals surface area contributed by atoms with Crippen LogP contribution in [-0.4, -0.2) is 55.3 Å². The standard InChI is InChI=1S/C30H55NO6/c1-5-6-7-8-9-10-11-12-13-14-15-16-17-18-19-22-28(33)36-26-21-24-31(23-20-25-35-27-32)29(34)37-30(2,3)4/h12-13,27H,5-11,14-26H2,1-4H3/b13-12-. The molecule has 0 fully saturated rings. The molecule has 7 heteroatoms. The number of hydrogen-bond donors (Lipinski definition) is 0. The van der Waals surface area contributed by atoms with E-state index in [-0.39, 0.29) is 19.2 Å². The Kier molecular flexibility index (Phi) is 22.9.